The van der Waals surface area contributed by atoms with Gasteiger partial charge in [-0.05, 0) is 62.2 Å². The first-order chi connectivity index (χ1) is 18.9. The Balaban J connectivity index is 2.12. The highest BCUT2D eigenvalue weighted by atomic mass is 35.5. The third-order valence-corrected chi connectivity index (χ3v) is 9.35. The van der Waals surface area contributed by atoms with E-state index in [0.717, 1.165) is 9.87 Å². The lowest BCUT2D eigenvalue weighted by atomic mass is 10.1. The topological polar surface area (TPSA) is 86.8 Å². The molecular formula is C28H29Cl4N3O4S. The first-order valence-corrected chi connectivity index (χ1v) is 15.4. The van der Waals surface area contributed by atoms with Crippen LogP contribution < -0.4 is 9.62 Å². The largest absolute Gasteiger partial charge is 0.355 e. The lowest BCUT2D eigenvalue weighted by Gasteiger charge is -2.33. The van der Waals surface area contributed by atoms with Crippen molar-refractivity contribution in [2.45, 2.75) is 44.7 Å². The molecule has 3 aromatic carbocycles. The van der Waals surface area contributed by atoms with Crippen molar-refractivity contribution in [1.82, 2.24) is 10.2 Å². The number of likely N-dealkylation sites (N-methyl/N-ethyl adjacent to an activating group) is 1. The van der Waals surface area contributed by atoms with Crippen LogP contribution in [0.3, 0.4) is 0 Å². The van der Waals surface area contributed by atoms with Gasteiger partial charge in [0.05, 0.1) is 20.6 Å². The maximum atomic E-state index is 14.0. The van der Waals surface area contributed by atoms with Gasteiger partial charge in [-0.25, -0.2) is 8.42 Å². The molecule has 214 valence electrons. The van der Waals surface area contributed by atoms with Gasteiger partial charge in [0.15, 0.2) is 0 Å². The number of nitrogens with one attached hydrogen (secondary N) is 1. The predicted octanol–water partition coefficient (Wildman–Crippen LogP) is 6.75. The van der Waals surface area contributed by atoms with E-state index in [-0.39, 0.29) is 39.5 Å². The van der Waals surface area contributed by atoms with Crippen LogP contribution in [0.1, 0.15) is 31.4 Å². The van der Waals surface area contributed by atoms with Crippen molar-refractivity contribution >= 4 is 73.9 Å². The van der Waals surface area contributed by atoms with Gasteiger partial charge in [-0.3, -0.25) is 13.9 Å². The highest BCUT2D eigenvalue weighted by molar-refractivity contribution is 7.92. The zero-order chi connectivity index (χ0) is 29.6. The SMILES string of the molecule is CCNC(=O)[C@H](CC)N(Cc1ccc(Cl)cc1Cl)C(=O)CN(c1cccc(Cl)c1Cl)S(=O)(=O)c1ccc(C)cc1. The molecule has 0 saturated carbocycles. The number of nitrogens with zero attached hydrogens (tertiary/aromatic N) is 2. The van der Waals surface area contributed by atoms with Gasteiger partial charge in [0, 0.05) is 23.1 Å². The number of hydrogen-bond acceptors (Lipinski definition) is 4. The van der Waals surface area contributed by atoms with Gasteiger partial charge < -0.3 is 10.2 Å². The van der Waals surface area contributed by atoms with E-state index in [1.54, 1.807) is 44.2 Å². The Bertz CT molecular complexity index is 1480. The minimum Gasteiger partial charge on any atom is -0.355 e. The van der Waals surface area contributed by atoms with E-state index in [4.69, 9.17) is 46.4 Å². The fraction of sp³-hybridized carbons (Fsp3) is 0.286. The standard InChI is InChI=1S/C28H29Cl4N3O4S/c1-4-24(28(37)33-5-2)34(16-19-11-12-20(29)15-23(19)31)26(36)17-35(25-8-6-7-22(30)27(25)32)40(38,39)21-13-9-18(3)10-14-21/h6-15,24H,4-5,16-17H2,1-3H3,(H,33,37)/t24-/m0/s1. The molecule has 3 rings (SSSR count). The van der Waals surface area contributed by atoms with Gasteiger partial charge in [-0.1, -0.05) is 83.2 Å². The minimum atomic E-state index is -4.29. The van der Waals surface area contributed by atoms with Gasteiger partial charge in [0.1, 0.15) is 12.6 Å². The van der Waals surface area contributed by atoms with Crippen molar-refractivity contribution in [2.24, 2.45) is 0 Å². The van der Waals surface area contributed by atoms with Crippen LogP contribution in [-0.4, -0.2) is 44.3 Å². The molecule has 1 atom stereocenters. The number of carbonyl (C=O) groups is 2. The molecule has 3 aromatic rings. The Kier molecular flexibility index (Phi) is 11.1. The average Bonchev–Trinajstić information content (AvgIpc) is 2.90. The van der Waals surface area contributed by atoms with Crippen molar-refractivity contribution in [3.63, 3.8) is 0 Å². The van der Waals surface area contributed by atoms with Crippen LogP contribution in [-0.2, 0) is 26.2 Å². The highest BCUT2D eigenvalue weighted by Crippen LogP contribution is 2.36. The summed E-state index contributed by atoms with van der Waals surface area (Å²) in [7, 11) is -4.29. The number of hydrogen-bond donors (Lipinski definition) is 1. The summed E-state index contributed by atoms with van der Waals surface area (Å²) in [5.41, 5.74) is 1.43. The van der Waals surface area contributed by atoms with Crippen molar-refractivity contribution < 1.29 is 18.0 Å². The molecule has 0 radical (unpaired) electrons. The number of rotatable bonds is 11. The molecule has 40 heavy (non-hydrogen) atoms. The predicted molar refractivity (Wildman–Crippen MR) is 162 cm³/mol. The normalized spacial score (nSPS) is 12.1. The molecular weight excluding hydrogens is 616 g/mol. The fourth-order valence-electron chi connectivity index (χ4n) is 4.08. The molecule has 0 unspecified atom stereocenters. The second-order valence-corrected chi connectivity index (χ2v) is 12.5. The Morgan fingerprint density at radius 3 is 2.20 bits per heavy atom. The molecule has 0 saturated heterocycles. The molecule has 0 aliphatic rings. The Morgan fingerprint density at radius 2 is 1.60 bits per heavy atom. The van der Waals surface area contributed by atoms with Gasteiger partial charge in [-0.15, -0.1) is 0 Å². The Hall–Kier alpha value is -2.49. The molecule has 0 aliphatic heterocycles. The Labute approximate surface area is 255 Å². The summed E-state index contributed by atoms with van der Waals surface area (Å²) in [5.74, 6) is -1.02. The zero-order valence-electron chi connectivity index (χ0n) is 22.1. The van der Waals surface area contributed by atoms with Crippen molar-refractivity contribution in [2.75, 3.05) is 17.4 Å². The molecule has 7 nitrogen and oxygen atoms in total. The summed E-state index contributed by atoms with van der Waals surface area (Å²) in [6.45, 7) is 4.99. The molecule has 0 aliphatic carbocycles. The first-order valence-electron chi connectivity index (χ1n) is 12.4. The molecule has 1 N–H and O–H groups in total. The maximum Gasteiger partial charge on any atom is 0.264 e. The summed E-state index contributed by atoms with van der Waals surface area (Å²) >= 11 is 25.2. The average molecular weight is 645 g/mol. The number of aryl methyl sites for hydroxylation is 1. The third-order valence-electron chi connectivity index (χ3n) is 6.18. The second-order valence-electron chi connectivity index (χ2n) is 8.97. The van der Waals surface area contributed by atoms with Crippen molar-refractivity contribution in [3.8, 4) is 0 Å². The van der Waals surface area contributed by atoms with E-state index in [1.165, 1.54) is 35.2 Å². The third kappa shape index (κ3) is 7.42. The number of carbonyl (C=O) groups excluding carboxylic acids is 2. The molecule has 0 fully saturated rings. The van der Waals surface area contributed by atoms with Crippen LogP contribution in [0, 0.1) is 6.92 Å². The van der Waals surface area contributed by atoms with Gasteiger partial charge >= 0.3 is 0 Å². The lowest BCUT2D eigenvalue weighted by molar-refractivity contribution is -0.140. The van der Waals surface area contributed by atoms with Crippen LogP contribution >= 0.6 is 46.4 Å². The fourth-order valence-corrected chi connectivity index (χ4v) is 6.42. The van der Waals surface area contributed by atoms with Gasteiger partial charge in [0.25, 0.3) is 10.0 Å². The number of anilines is 1. The first kappa shape index (κ1) is 32.0. The molecule has 0 bridgehead atoms. The molecule has 0 aromatic heterocycles. The number of amides is 2. The second kappa shape index (κ2) is 13.9. The summed E-state index contributed by atoms with van der Waals surface area (Å²) < 4.78 is 28.8. The quantitative estimate of drug-likeness (QED) is 0.250. The smallest absolute Gasteiger partial charge is 0.264 e. The van der Waals surface area contributed by atoms with Crippen molar-refractivity contribution in [3.05, 3.63) is 91.9 Å². The summed E-state index contributed by atoms with van der Waals surface area (Å²) in [5, 5.41) is 3.55. The van der Waals surface area contributed by atoms with Gasteiger partial charge in [0.2, 0.25) is 11.8 Å². The van der Waals surface area contributed by atoms with E-state index >= 15 is 0 Å². The summed E-state index contributed by atoms with van der Waals surface area (Å²) in [6.07, 6.45) is 0.269. The maximum absolute atomic E-state index is 14.0. The van der Waals surface area contributed by atoms with Crippen LogP contribution in [0.15, 0.2) is 65.6 Å². The Morgan fingerprint density at radius 1 is 0.925 bits per heavy atom. The van der Waals surface area contributed by atoms with E-state index in [0.29, 0.717) is 22.2 Å². The van der Waals surface area contributed by atoms with Crippen LogP contribution in [0.2, 0.25) is 20.1 Å². The number of halogens is 4. The van der Waals surface area contributed by atoms with E-state index in [1.807, 2.05) is 6.92 Å². The zero-order valence-corrected chi connectivity index (χ0v) is 26.0. The van der Waals surface area contributed by atoms with Gasteiger partial charge in [-0.2, -0.15) is 0 Å². The van der Waals surface area contributed by atoms with Crippen LogP contribution in [0.25, 0.3) is 0 Å². The van der Waals surface area contributed by atoms with E-state index in [2.05, 4.69) is 5.32 Å². The lowest BCUT2D eigenvalue weighted by Crippen LogP contribution is -2.52. The van der Waals surface area contributed by atoms with E-state index < -0.39 is 28.5 Å². The van der Waals surface area contributed by atoms with Crippen LogP contribution in [0.4, 0.5) is 5.69 Å². The monoisotopic (exact) mass is 643 g/mol. The number of sulfonamides is 1. The molecule has 2 amide bonds. The van der Waals surface area contributed by atoms with E-state index in [9.17, 15) is 18.0 Å². The molecule has 0 heterocycles. The van der Waals surface area contributed by atoms with Crippen molar-refractivity contribution in [1.29, 1.82) is 0 Å². The van der Waals surface area contributed by atoms with Crippen LogP contribution in [0.5, 0.6) is 0 Å². The molecule has 12 heteroatoms. The number of benzene rings is 3. The minimum absolute atomic E-state index is 0.0265. The summed E-state index contributed by atoms with van der Waals surface area (Å²) in [6, 6.07) is 14.7. The summed E-state index contributed by atoms with van der Waals surface area (Å²) in [4.78, 5) is 28.3. The highest BCUT2D eigenvalue weighted by Gasteiger charge is 2.34. The molecule has 0 spiro atoms.